The first-order valence-corrected chi connectivity index (χ1v) is 3.13. The van der Waals surface area contributed by atoms with Crippen LogP contribution >= 0.6 is 0 Å². The quantitative estimate of drug-likeness (QED) is 0.459. The van der Waals surface area contributed by atoms with Gasteiger partial charge < -0.3 is 10.1 Å². The van der Waals surface area contributed by atoms with Crippen LogP contribution in [0.15, 0.2) is 0 Å². The average Bonchev–Trinajstić information content (AvgIpc) is 1.82. The zero-order valence-corrected chi connectivity index (χ0v) is 6.14. The Morgan fingerprint density at radius 1 is 1.50 bits per heavy atom. The number of alkyl carbamates (subject to hydrolysis) is 1. The molecule has 0 atom stereocenters. The summed E-state index contributed by atoms with van der Waals surface area (Å²) < 4.78 is 4.16. The van der Waals surface area contributed by atoms with Gasteiger partial charge in [0.2, 0.25) is 0 Å². The number of hydrogen-bond acceptors (Lipinski definition) is 3. The molecule has 0 saturated carbocycles. The summed E-state index contributed by atoms with van der Waals surface area (Å²) in [4.78, 5) is 20.6. The number of carbonyl (C=O) groups excluding carboxylic acids is 2. The van der Waals surface area contributed by atoms with Gasteiger partial charge in [-0.1, -0.05) is 6.92 Å². The fraction of sp³-hybridized carbons (Fsp3) is 0.667. The lowest BCUT2D eigenvalue weighted by atomic mass is 10.5. The second-order valence-corrected chi connectivity index (χ2v) is 1.81. The number of esters is 1. The highest BCUT2D eigenvalue weighted by Gasteiger charge is 2.01. The van der Waals surface area contributed by atoms with Crippen molar-refractivity contribution in [1.29, 1.82) is 0 Å². The molecule has 0 rings (SSSR count). The summed E-state index contributed by atoms with van der Waals surface area (Å²) in [5.41, 5.74) is 0. The number of rotatable bonds is 2. The summed E-state index contributed by atoms with van der Waals surface area (Å²) in [5, 5.41) is 2.38. The van der Waals surface area contributed by atoms with Gasteiger partial charge in [-0.05, 0) is 6.42 Å². The van der Waals surface area contributed by atoms with Crippen LogP contribution in [0.1, 0.15) is 20.3 Å². The molecule has 58 valence electrons. The molecule has 10 heavy (non-hydrogen) atoms. The molecule has 0 fully saturated rings. The van der Waals surface area contributed by atoms with Crippen molar-refractivity contribution in [2.45, 2.75) is 20.3 Å². The lowest BCUT2D eigenvalue weighted by molar-refractivity contribution is -0.134. The highest BCUT2D eigenvalue weighted by molar-refractivity contribution is 5.82. The monoisotopic (exact) mass is 145 g/mol. The molecule has 0 aliphatic carbocycles. The van der Waals surface area contributed by atoms with Crippen molar-refractivity contribution < 1.29 is 14.3 Å². The molecule has 0 spiro atoms. The van der Waals surface area contributed by atoms with Crippen LogP contribution < -0.4 is 5.32 Å². The fourth-order valence-corrected chi connectivity index (χ4v) is 0.394. The number of ether oxygens (including phenoxy) is 1. The van der Waals surface area contributed by atoms with Gasteiger partial charge in [0.1, 0.15) is 0 Å². The third-order valence-corrected chi connectivity index (χ3v) is 0.756. The molecule has 0 aliphatic heterocycles. The number of hydrogen-bond donors (Lipinski definition) is 1. The van der Waals surface area contributed by atoms with Gasteiger partial charge in [0.15, 0.2) is 0 Å². The minimum absolute atomic E-state index is 0.534. The first kappa shape index (κ1) is 8.94. The number of nitrogens with one attached hydrogen (secondary N) is 1. The second-order valence-electron chi connectivity index (χ2n) is 1.81. The van der Waals surface area contributed by atoms with Crippen molar-refractivity contribution in [3.8, 4) is 0 Å². The summed E-state index contributed by atoms with van der Waals surface area (Å²) in [7, 11) is 0. The summed E-state index contributed by atoms with van der Waals surface area (Å²) in [6.07, 6.45) is 0.154. The SMILES string of the molecule is CCCNC(=O)OC(C)=O. The zero-order chi connectivity index (χ0) is 7.98. The Morgan fingerprint density at radius 2 is 2.10 bits per heavy atom. The van der Waals surface area contributed by atoms with Gasteiger partial charge in [0.05, 0.1) is 0 Å². The molecule has 0 heterocycles. The van der Waals surface area contributed by atoms with Crippen molar-refractivity contribution in [3.05, 3.63) is 0 Å². The van der Waals surface area contributed by atoms with E-state index < -0.39 is 12.1 Å². The standard InChI is InChI=1S/C6H11NO3/c1-3-4-7-6(9)10-5(2)8/h3-4H2,1-2H3,(H,7,9). The first-order valence-electron chi connectivity index (χ1n) is 3.13. The molecule has 1 N–H and O–H groups in total. The highest BCUT2D eigenvalue weighted by Crippen LogP contribution is 1.78. The Hall–Kier alpha value is -1.06. The Balaban J connectivity index is 3.35. The van der Waals surface area contributed by atoms with E-state index in [1.54, 1.807) is 0 Å². The van der Waals surface area contributed by atoms with Crippen LogP contribution in [0.25, 0.3) is 0 Å². The molecule has 4 nitrogen and oxygen atoms in total. The Labute approximate surface area is 59.6 Å². The predicted molar refractivity (Wildman–Crippen MR) is 35.5 cm³/mol. The van der Waals surface area contributed by atoms with Crippen molar-refractivity contribution in [3.63, 3.8) is 0 Å². The van der Waals surface area contributed by atoms with Crippen LogP contribution in [-0.2, 0) is 9.53 Å². The lowest BCUT2D eigenvalue weighted by Crippen LogP contribution is -2.26. The van der Waals surface area contributed by atoms with Gasteiger partial charge in [0.25, 0.3) is 0 Å². The summed E-state index contributed by atoms with van der Waals surface area (Å²) in [6.45, 7) is 3.63. The molecular formula is C6H11NO3. The van der Waals surface area contributed by atoms with Gasteiger partial charge >= 0.3 is 12.1 Å². The molecule has 0 unspecified atom stereocenters. The van der Waals surface area contributed by atoms with Crippen LogP contribution in [0, 0.1) is 0 Å². The fourth-order valence-electron chi connectivity index (χ4n) is 0.394. The molecule has 0 aromatic carbocycles. The third kappa shape index (κ3) is 5.08. The Morgan fingerprint density at radius 3 is 2.50 bits per heavy atom. The van der Waals surface area contributed by atoms with Gasteiger partial charge in [-0.25, -0.2) is 4.79 Å². The number of carbonyl (C=O) groups is 2. The molecular weight excluding hydrogens is 134 g/mol. The summed E-state index contributed by atoms with van der Waals surface area (Å²) >= 11 is 0. The average molecular weight is 145 g/mol. The minimum atomic E-state index is -0.672. The van der Waals surface area contributed by atoms with E-state index in [2.05, 4.69) is 10.1 Å². The van der Waals surface area contributed by atoms with E-state index in [-0.39, 0.29) is 0 Å². The van der Waals surface area contributed by atoms with E-state index in [1.807, 2.05) is 6.92 Å². The van der Waals surface area contributed by atoms with Crippen molar-refractivity contribution in [1.82, 2.24) is 5.32 Å². The normalized spacial score (nSPS) is 8.60. The number of amides is 1. The van der Waals surface area contributed by atoms with Gasteiger partial charge in [0, 0.05) is 13.5 Å². The summed E-state index contributed by atoms with van der Waals surface area (Å²) in [5.74, 6) is -0.589. The maximum atomic E-state index is 10.5. The molecule has 0 aromatic heterocycles. The topological polar surface area (TPSA) is 55.4 Å². The van der Waals surface area contributed by atoms with Gasteiger partial charge in [-0.2, -0.15) is 0 Å². The van der Waals surface area contributed by atoms with Crippen LogP contribution in [0.4, 0.5) is 4.79 Å². The Bertz CT molecular complexity index is 133. The van der Waals surface area contributed by atoms with Crippen molar-refractivity contribution in [2.24, 2.45) is 0 Å². The maximum absolute atomic E-state index is 10.5. The molecule has 0 aliphatic rings. The van der Waals surface area contributed by atoms with Gasteiger partial charge in [-0.15, -0.1) is 0 Å². The molecule has 0 saturated heterocycles. The molecule has 1 amide bonds. The molecule has 0 bridgehead atoms. The lowest BCUT2D eigenvalue weighted by Gasteiger charge is -1.99. The molecule has 0 aromatic rings. The van der Waals surface area contributed by atoms with E-state index in [1.165, 1.54) is 6.92 Å². The molecule has 0 radical (unpaired) electrons. The smallest absolute Gasteiger partial charge is 0.377 e. The molecule has 4 heteroatoms. The minimum Gasteiger partial charge on any atom is -0.377 e. The van der Waals surface area contributed by atoms with E-state index in [9.17, 15) is 9.59 Å². The second kappa shape index (κ2) is 4.78. The van der Waals surface area contributed by atoms with Gasteiger partial charge in [-0.3, -0.25) is 4.79 Å². The largest absolute Gasteiger partial charge is 0.414 e. The van der Waals surface area contributed by atoms with E-state index in [4.69, 9.17) is 0 Å². The zero-order valence-electron chi connectivity index (χ0n) is 6.14. The van der Waals surface area contributed by atoms with Crippen LogP contribution in [0.2, 0.25) is 0 Å². The van der Waals surface area contributed by atoms with Crippen molar-refractivity contribution >= 4 is 12.1 Å². The van der Waals surface area contributed by atoms with E-state index >= 15 is 0 Å². The summed E-state index contributed by atoms with van der Waals surface area (Å²) in [6, 6.07) is 0. The highest BCUT2D eigenvalue weighted by atomic mass is 16.6. The van der Waals surface area contributed by atoms with Crippen LogP contribution in [-0.4, -0.2) is 18.6 Å². The third-order valence-electron chi connectivity index (χ3n) is 0.756. The first-order chi connectivity index (χ1) is 4.66. The van der Waals surface area contributed by atoms with Crippen LogP contribution in [0.5, 0.6) is 0 Å². The predicted octanol–water partition coefficient (Wildman–Crippen LogP) is 0.669. The van der Waals surface area contributed by atoms with Crippen LogP contribution in [0.3, 0.4) is 0 Å². The van der Waals surface area contributed by atoms with Crippen molar-refractivity contribution in [2.75, 3.05) is 6.54 Å². The van der Waals surface area contributed by atoms with E-state index in [0.717, 1.165) is 6.42 Å². The van der Waals surface area contributed by atoms with E-state index in [0.29, 0.717) is 6.54 Å². The Kier molecular flexibility index (Phi) is 4.28. The maximum Gasteiger partial charge on any atom is 0.414 e.